The van der Waals surface area contributed by atoms with Crippen molar-refractivity contribution >= 4 is 29.8 Å². The van der Waals surface area contributed by atoms with E-state index in [0.717, 1.165) is 0 Å². The number of alkyl carbamates (subject to hydrolysis) is 1. The largest absolute Gasteiger partial charge is 0.480 e. The van der Waals surface area contributed by atoms with Crippen LogP contribution in [0.4, 0.5) is 4.79 Å². The fourth-order valence-corrected chi connectivity index (χ4v) is 2.60. The molecule has 0 aromatic rings. The third kappa shape index (κ3) is 8.11. The molecule has 0 saturated carbocycles. The molecule has 0 aliphatic carbocycles. The molecule has 0 bridgehead atoms. The fourth-order valence-electron chi connectivity index (χ4n) is 1.39. The highest BCUT2D eigenvalue weighted by Crippen LogP contribution is 2.23. The first-order valence-electron chi connectivity index (χ1n) is 6.77. The van der Waals surface area contributed by atoms with Crippen LogP contribution in [0.15, 0.2) is 0 Å². The first-order chi connectivity index (χ1) is 9.89. The maximum Gasteiger partial charge on any atom is 0.408 e. The Hall–Kier alpha value is -1.44. The molecule has 2 N–H and O–H groups in total. The number of hydrogen-bond acceptors (Lipinski definition) is 6. The maximum atomic E-state index is 11.6. The van der Waals surface area contributed by atoms with Crippen LogP contribution in [0.3, 0.4) is 0 Å². The predicted molar refractivity (Wildman–Crippen MR) is 83.9 cm³/mol. The molecule has 0 fully saturated rings. The summed E-state index contributed by atoms with van der Waals surface area (Å²) in [6.45, 7) is 8.49. The minimum atomic E-state index is -1.16. The molecule has 0 aromatic carbocycles. The lowest BCUT2D eigenvalue weighted by molar-refractivity contribution is -0.149. The molecule has 0 spiro atoms. The van der Waals surface area contributed by atoms with Gasteiger partial charge in [0.1, 0.15) is 11.6 Å². The van der Waals surface area contributed by atoms with Gasteiger partial charge in [0.15, 0.2) is 0 Å². The summed E-state index contributed by atoms with van der Waals surface area (Å²) in [4.78, 5) is 34.3. The lowest BCUT2D eigenvalue weighted by Gasteiger charge is -2.23. The summed E-state index contributed by atoms with van der Waals surface area (Å²) in [5.41, 5.74) is -1.43. The number of rotatable bonds is 7. The van der Waals surface area contributed by atoms with Gasteiger partial charge in [0, 0.05) is 11.5 Å². The van der Waals surface area contributed by atoms with E-state index < -0.39 is 29.1 Å². The molecular formula is C14H25NO6S. The molecule has 0 aliphatic rings. The molecule has 0 aliphatic heterocycles. The minimum absolute atomic E-state index is 0.120. The van der Waals surface area contributed by atoms with E-state index in [9.17, 15) is 14.4 Å². The zero-order chi connectivity index (χ0) is 17.6. The third-order valence-corrected chi connectivity index (χ3v) is 3.97. The number of thioether (sulfide) groups is 1. The smallest absolute Gasteiger partial charge is 0.408 e. The van der Waals surface area contributed by atoms with Crippen LogP contribution in [-0.4, -0.2) is 53.4 Å². The number of carbonyl (C=O) groups is 3. The first-order valence-corrected chi connectivity index (χ1v) is 7.93. The van der Waals surface area contributed by atoms with E-state index in [-0.39, 0.29) is 11.7 Å². The number of carboxylic acid groups (broad SMARTS) is 1. The van der Waals surface area contributed by atoms with Crippen LogP contribution in [0.25, 0.3) is 0 Å². The normalized spacial score (nSPS) is 13.2. The summed E-state index contributed by atoms with van der Waals surface area (Å²) in [5, 5.41) is 11.4. The SMILES string of the molecule is COC(=O)C(C)(C)CSCC(NC(=O)OC(C)(C)C)C(=O)O. The molecule has 0 saturated heterocycles. The van der Waals surface area contributed by atoms with Gasteiger partial charge in [0.25, 0.3) is 0 Å². The number of carbonyl (C=O) groups excluding carboxylic acids is 2. The van der Waals surface area contributed by atoms with Gasteiger partial charge < -0.3 is 19.9 Å². The summed E-state index contributed by atoms with van der Waals surface area (Å²) in [5.74, 6) is -1.03. The second-order valence-electron chi connectivity index (χ2n) is 6.43. The zero-order valence-electron chi connectivity index (χ0n) is 13.9. The van der Waals surface area contributed by atoms with Crippen molar-refractivity contribution in [1.29, 1.82) is 0 Å². The van der Waals surface area contributed by atoms with E-state index in [4.69, 9.17) is 9.84 Å². The van der Waals surface area contributed by atoms with Gasteiger partial charge in [-0.25, -0.2) is 9.59 Å². The predicted octanol–water partition coefficient (Wildman–Crippen LogP) is 1.90. The monoisotopic (exact) mass is 335 g/mol. The fraction of sp³-hybridized carbons (Fsp3) is 0.786. The Bertz CT molecular complexity index is 416. The molecule has 1 amide bonds. The van der Waals surface area contributed by atoms with Crippen molar-refractivity contribution in [2.24, 2.45) is 5.41 Å². The highest BCUT2D eigenvalue weighted by molar-refractivity contribution is 7.99. The highest BCUT2D eigenvalue weighted by atomic mass is 32.2. The molecular weight excluding hydrogens is 310 g/mol. The molecule has 0 heterocycles. The van der Waals surface area contributed by atoms with Gasteiger partial charge >= 0.3 is 18.0 Å². The molecule has 0 aromatic heterocycles. The van der Waals surface area contributed by atoms with Crippen molar-refractivity contribution in [3.05, 3.63) is 0 Å². The maximum absolute atomic E-state index is 11.6. The number of esters is 1. The van der Waals surface area contributed by atoms with Gasteiger partial charge in [-0.1, -0.05) is 0 Å². The van der Waals surface area contributed by atoms with Gasteiger partial charge in [0.2, 0.25) is 0 Å². The lowest BCUT2D eigenvalue weighted by Crippen LogP contribution is -2.45. The Morgan fingerprint density at radius 3 is 2.14 bits per heavy atom. The number of methoxy groups -OCH3 is 1. The molecule has 1 atom stereocenters. The number of hydrogen-bond donors (Lipinski definition) is 2. The standard InChI is InChI=1S/C14H25NO6S/c1-13(2,3)21-12(19)15-9(10(16)17)7-22-8-14(4,5)11(18)20-6/h9H,7-8H2,1-6H3,(H,15,19)(H,16,17). The number of ether oxygens (including phenoxy) is 2. The quantitative estimate of drug-likeness (QED) is 0.685. The van der Waals surface area contributed by atoms with Crippen LogP contribution in [0.2, 0.25) is 0 Å². The summed E-state index contributed by atoms with van der Waals surface area (Å²) in [6.07, 6.45) is -0.785. The van der Waals surface area contributed by atoms with E-state index in [0.29, 0.717) is 5.75 Å². The van der Waals surface area contributed by atoms with Crippen LogP contribution in [0.5, 0.6) is 0 Å². The van der Waals surface area contributed by atoms with E-state index in [1.807, 2.05) is 0 Å². The number of aliphatic carboxylic acids is 1. The lowest BCUT2D eigenvalue weighted by atomic mass is 9.97. The van der Waals surface area contributed by atoms with Gasteiger partial charge in [-0.05, 0) is 34.6 Å². The Labute approximate surface area is 135 Å². The van der Waals surface area contributed by atoms with E-state index in [2.05, 4.69) is 10.1 Å². The summed E-state index contributed by atoms with van der Waals surface area (Å²) in [7, 11) is 1.30. The van der Waals surface area contributed by atoms with E-state index in [1.165, 1.54) is 18.9 Å². The van der Waals surface area contributed by atoms with Crippen molar-refractivity contribution in [3.8, 4) is 0 Å². The van der Waals surface area contributed by atoms with Crippen molar-refractivity contribution in [1.82, 2.24) is 5.32 Å². The molecule has 0 rings (SSSR count). The van der Waals surface area contributed by atoms with Crippen LogP contribution in [-0.2, 0) is 19.1 Å². The number of carboxylic acids is 1. The molecule has 128 valence electrons. The van der Waals surface area contributed by atoms with Crippen molar-refractivity contribution in [3.63, 3.8) is 0 Å². The molecule has 1 unspecified atom stereocenters. The van der Waals surface area contributed by atoms with Crippen molar-refractivity contribution in [2.45, 2.75) is 46.3 Å². The number of amides is 1. The highest BCUT2D eigenvalue weighted by Gasteiger charge is 2.30. The van der Waals surface area contributed by atoms with Crippen LogP contribution >= 0.6 is 11.8 Å². The Morgan fingerprint density at radius 1 is 1.18 bits per heavy atom. The van der Waals surface area contributed by atoms with Crippen molar-refractivity contribution < 1.29 is 29.0 Å². The summed E-state index contributed by atoms with van der Waals surface area (Å²) < 4.78 is 9.71. The van der Waals surface area contributed by atoms with Crippen LogP contribution < -0.4 is 5.32 Å². The van der Waals surface area contributed by atoms with Crippen molar-refractivity contribution in [2.75, 3.05) is 18.6 Å². The van der Waals surface area contributed by atoms with Gasteiger partial charge in [-0.2, -0.15) is 11.8 Å². The Balaban J connectivity index is 4.47. The Kier molecular flexibility index (Phi) is 7.72. The second kappa shape index (κ2) is 8.26. The van der Waals surface area contributed by atoms with Gasteiger partial charge in [-0.15, -0.1) is 0 Å². The third-order valence-electron chi connectivity index (χ3n) is 2.47. The summed E-state index contributed by atoms with van der Waals surface area (Å²) in [6, 6.07) is -1.09. The molecule has 22 heavy (non-hydrogen) atoms. The summed E-state index contributed by atoms with van der Waals surface area (Å²) >= 11 is 1.25. The molecule has 0 radical (unpaired) electrons. The van der Waals surface area contributed by atoms with E-state index in [1.54, 1.807) is 34.6 Å². The topological polar surface area (TPSA) is 102 Å². The Morgan fingerprint density at radius 2 is 1.73 bits per heavy atom. The zero-order valence-corrected chi connectivity index (χ0v) is 14.7. The number of nitrogens with one attached hydrogen (secondary N) is 1. The van der Waals surface area contributed by atoms with E-state index >= 15 is 0 Å². The van der Waals surface area contributed by atoms with Gasteiger partial charge in [0.05, 0.1) is 12.5 Å². The average molecular weight is 335 g/mol. The second-order valence-corrected chi connectivity index (χ2v) is 7.46. The van der Waals surface area contributed by atoms with Crippen LogP contribution in [0, 0.1) is 5.41 Å². The average Bonchev–Trinajstić information content (AvgIpc) is 2.33. The minimum Gasteiger partial charge on any atom is -0.480 e. The molecule has 8 heteroatoms. The van der Waals surface area contributed by atoms with Gasteiger partial charge in [-0.3, -0.25) is 4.79 Å². The molecule has 7 nitrogen and oxygen atoms in total. The first kappa shape index (κ1) is 20.6. The van der Waals surface area contributed by atoms with Crippen LogP contribution in [0.1, 0.15) is 34.6 Å².